The molecule has 2 amide bonds. The number of hydrogen-bond donors (Lipinski definition) is 1. The summed E-state index contributed by atoms with van der Waals surface area (Å²) in [6.07, 6.45) is 12.2. The first-order chi connectivity index (χ1) is 12.8. The average molecular weight is 358 g/mol. The largest absolute Gasteiger partial charge is 0.472 e. The van der Waals surface area contributed by atoms with E-state index in [0.29, 0.717) is 17.8 Å². The average Bonchev–Trinajstić information content (AvgIpc) is 3.30. The van der Waals surface area contributed by atoms with Crippen molar-refractivity contribution in [1.29, 1.82) is 0 Å². The first kappa shape index (κ1) is 17.1. The lowest BCUT2D eigenvalue weighted by molar-refractivity contribution is 0.172. The zero-order valence-electron chi connectivity index (χ0n) is 15.0. The van der Waals surface area contributed by atoms with Crippen molar-refractivity contribution in [3.8, 4) is 11.5 Å². The second-order valence-electron chi connectivity index (χ2n) is 7.36. The van der Waals surface area contributed by atoms with Crippen LogP contribution in [0.4, 0.5) is 4.79 Å². The number of carbonyl (C=O) groups excluding carboxylic acids is 1. The number of piperidine rings is 1. The van der Waals surface area contributed by atoms with Crippen LogP contribution in [-0.4, -0.2) is 40.3 Å². The van der Waals surface area contributed by atoms with Gasteiger partial charge in [-0.3, -0.25) is 0 Å². The molecule has 26 heavy (non-hydrogen) atoms. The Labute approximate surface area is 153 Å². The van der Waals surface area contributed by atoms with Gasteiger partial charge >= 0.3 is 6.03 Å². The van der Waals surface area contributed by atoms with Gasteiger partial charge < -0.3 is 19.1 Å². The van der Waals surface area contributed by atoms with Crippen LogP contribution in [0.25, 0.3) is 11.5 Å². The van der Waals surface area contributed by atoms with E-state index in [0.717, 1.165) is 44.3 Å². The van der Waals surface area contributed by atoms with Gasteiger partial charge in [-0.05, 0) is 31.7 Å². The summed E-state index contributed by atoms with van der Waals surface area (Å²) in [6.45, 7) is 1.46. The van der Waals surface area contributed by atoms with Gasteiger partial charge in [-0.15, -0.1) is 10.2 Å². The molecule has 2 aromatic rings. The number of hydrogen-bond acceptors (Lipinski definition) is 5. The van der Waals surface area contributed by atoms with Gasteiger partial charge in [-0.1, -0.05) is 25.7 Å². The SMILES string of the molecule is O=C(NC1CCCCCC1)N1CCC(c2nnc(-c3ccoc3)o2)CC1. The van der Waals surface area contributed by atoms with Gasteiger partial charge in [0.05, 0.1) is 11.8 Å². The third-order valence-corrected chi connectivity index (χ3v) is 5.52. The predicted molar refractivity (Wildman–Crippen MR) is 95.6 cm³/mol. The lowest BCUT2D eigenvalue weighted by atomic mass is 9.97. The number of nitrogens with one attached hydrogen (secondary N) is 1. The zero-order valence-corrected chi connectivity index (χ0v) is 15.0. The highest BCUT2D eigenvalue weighted by molar-refractivity contribution is 5.74. The summed E-state index contributed by atoms with van der Waals surface area (Å²) in [7, 11) is 0. The smallest absolute Gasteiger partial charge is 0.317 e. The van der Waals surface area contributed by atoms with Gasteiger partial charge in [0, 0.05) is 25.0 Å². The standard InChI is InChI=1S/C19H26N4O3/c24-19(20-16-5-3-1-2-4-6-16)23-10-7-14(8-11-23)17-21-22-18(26-17)15-9-12-25-13-15/h9,12-14,16H,1-8,10-11H2,(H,20,24). The number of furan rings is 1. The molecule has 0 atom stereocenters. The summed E-state index contributed by atoms with van der Waals surface area (Å²) in [5, 5.41) is 11.5. The first-order valence-corrected chi connectivity index (χ1v) is 9.71. The van der Waals surface area contributed by atoms with Gasteiger partial charge in [-0.2, -0.15) is 0 Å². The van der Waals surface area contributed by atoms with E-state index in [2.05, 4.69) is 15.5 Å². The summed E-state index contributed by atoms with van der Waals surface area (Å²) < 4.78 is 10.9. The number of aromatic nitrogens is 2. The molecule has 7 heteroatoms. The monoisotopic (exact) mass is 358 g/mol. The molecule has 1 saturated carbocycles. The van der Waals surface area contributed by atoms with Crippen LogP contribution in [0.3, 0.4) is 0 Å². The molecule has 1 saturated heterocycles. The Balaban J connectivity index is 1.29. The van der Waals surface area contributed by atoms with E-state index >= 15 is 0 Å². The van der Waals surface area contributed by atoms with Crippen LogP contribution in [0.1, 0.15) is 63.2 Å². The molecule has 2 aliphatic rings. The fourth-order valence-corrected chi connectivity index (χ4v) is 3.92. The highest BCUT2D eigenvalue weighted by Gasteiger charge is 2.28. The van der Waals surface area contributed by atoms with E-state index in [-0.39, 0.29) is 11.9 Å². The molecule has 3 heterocycles. The highest BCUT2D eigenvalue weighted by atomic mass is 16.4. The lowest BCUT2D eigenvalue weighted by Crippen LogP contribution is -2.47. The van der Waals surface area contributed by atoms with Crippen LogP contribution in [-0.2, 0) is 0 Å². The molecule has 1 N–H and O–H groups in total. The van der Waals surface area contributed by atoms with Crippen LogP contribution < -0.4 is 5.32 Å². The zero-order chi connectivity index (χ0) is 17.8. The maximum Gasteiger partial charge on any atom is 0.317 e. The van der Waals surface area contributed by atoms with Gasteiger partial charge in [0.1, 0.15) is 6.26 Å². The van der Waals surface area contributed by atoms with Crippen molar-refractivity contribution in [2.24, 2.45) is 0 Å². The number of rotatable bonds is 3. The minimum Gasteiger partial charge on any atom is -0.472 e. The quantitative estimate of drug-likeness (QED) is 0.840. The molecular formula is C19H26N4O3. The number of urea groups is 1. The third kappa shape index (κ3) is 3.92. The predicted octanol–water partition coefficient (Wildman–Crippen LogP) is 3.94. The Morgan fingerprint density at radius 2 is 1.85 bits per heavy atom. The maximum absolute atomic E-state index is 12.5. The summed E-state index contributed by atoms with van der Waals surface area (Å²) in [4.78, 5) is 14.5. The molecule has 0 unspecified atom stereocenters. The lowest BCUT2D eigenvalue weighted by Gasteiger charge is -2.32. The Morgan fingerprint density at radius 3 is 2.54 bits per heavy atom. The minimum atomic E-state index is 0.0833. The molecule has 1 aliphatic heterocycles. The third-order valence-electron chi connectivity index (χ3n) is 5.52. The summed E-state index contributed by atoms with van der Waals surface area (Å²) in [6, 6.07) is 2.23. The van der Waals surface area contributed by atoms with E-state index in [9.17, 15) is 4.79 Å². The van der Waals surface area contributed by atoms with Gasteiger partial charge in [0.15, 0.2) is 0 Å². The Morgan fingerprint density at radius 1 is 1.08 bits per heavy atom. The number of amides is 2. The molecule has 1 aliphatic carbocycles. The molecule has 4 rings (SSSR count). The van der Waals surface area contributed by atoms with Crippen molar-refractivity contribution in [1.82, 2.24) is 20.4 Å². The number of carbonyl (C=O) groups is 1. The van der Waals surface area contributed by atoms with Crippen LogP contribution in [0.5, 0.6) is 0 Å². The van der Waals surface area contributed by atoms with E-state index in [1.807, 2.05) is 4.90 Å². The summed E-state index contributed by atoms with van der Waals surface area (Å²) in [5.41, 5.74) is 0.795. The summed E-state index contributed by atoms with van der Waals surface area (Å²) in [5.74, 6) is 1.36. The van der Waals surface area contributed by atoms with E-state index in [4.69, 9.17) is 8.83 Å². The highest BCUT2D eigenvalue weighted by Crippen LogP contribution is 2.29. The molecule has 0 aromatic carbocycles. The van der Waals surface area contributed by atoms with E-state index < -0.39 is 0 Å². The van der Waals surface area contributed by atoms with Crippen molar-refractivity contribution < 1.29 is 13.6 Å². The molecule has 140 valence electrons. The summed E-state index contributed by atoms with van der Waals surface area (Å²) >= 11 is 0. The number of nitrogens with zero attached hydrogens (tertiary/aromatic N) is 3. The van der Waals surface area contributed by atoms with Crippen molar-refractivity contribution in [2.45, 2.75) is 63.3 Å². The van der Waals surface area contributed by atoms with Gasteiger partial charge in [0.2, 0.25) is 5.89 Å². The molecule has 0 bridgehead atoms. The van der Waals surface area contributed by atoms with Gasteiger partial charge in [0.25, 0.3) is 5.89 Å². The van der Waals surface area contributed by atoms with Crippen LogP contribution in [0, 0.1) is 0 Å². The Bertz CT molecular complexity index is 696. The van der Waals surface area contributed by atoms with Crippen LogP contribution >= 0.6 is 0 Å². The molecule has 2 fully saturated rings. The Kier molecular flexibility index (Phi) is 5.22. The van der Waals surface area contributed by atoms with Crippen molar-refractivity contribution in [2.75, 3.05) is 13.1 Å². The normalized spacial score (nSPS) is 20.1. The topological polar surface area (TPSA) is 84.4 Å². The second-order valence-corrected chi connectivity index (χ2v) is 7.36. The van der Waals surface area contributed by atoms with Crippen molar-refractivity contribution >= 4 is 6.03 Å². The fraction of sp³-hybridized carbons (Fsp3) is 0.632. The van der Waals surface area contributed by atoms with Crippen LogP contribution in [0.15, 0.2) is 27.4 Å². The number of likely N-dealkylation sites (tertiary alicyclic amines) is 1. The molecule has 0 radical (unpaired) electrons. The van der Waals surface area contributed by atoms with Gasteiger partial charge in [-0.25, -0.2) is 4.79 Å². The van der Waals surface area contributed by atoms with Crippen LogP contribution in [0.2, 0.25) is 0 Å². The maximum atomic E-state index is 12.5. The molecule has 0 spiro atoms. The van der Waals surface area contributed by atoms with Crippen molar-refractivity contribution in [3.05, 3.63) is 24.5 Å². The Hall–Kier alpha value is -2.31. The van der Waals surface area contributed by atoms with E-state index in [1.54, 1.807) is 18.6 Å². The molecular weight excluding hydrogens is 332 g/mol. The second kappa shape index (κ2) is 7.93. The first-order valence-electron chi connectivity index (χ1n) is 9.71. The minimum absolute atomic E-state index is 0.0833. The fourth-order valence-electron chi connectivity index (χ4n) is 3.92. The molecule has 7 nitrogen and oxygen atoms in total. The molecule has 2 aromatic heterocycles. The van der Waals surface area contributed by atoms with E-state index in [1.165, 1.54) is 25.7 Å². The van der Waals surface area contributed by atoms with Crippen molar-refractivity contribution in [3.63, 3.8) is 0 Å².